The summed E-state index contributed by atoms with van der Waals surface area (Å²) in [5.41, 5.74) is 6.31. The number of carbonyl (C=O) groups excluding carboxylic acids is 1. The van der Waals surface area contributed by atoms with Gasteiger partial charge in [0.05, 0.1) is 0 Å². The zero-order chi connectivity index (χ0) is 25.3. The number of para-hydroxylation sites is 1. The number of halogens is 1. The fraction of sp³-hybridized carbons (Fsp3) is 0.300. The molecule has 3 aromatic carbocycles. The van der Waals surface area contributed by atoms with Crippen LogP contribution in [0.1, 0.15) is 76.0 Å². The van der Waals surface area contributed by atoms with Crippen LogP contribution in [-0.2, 0) is 0 Å². The van der Waals surface area contributed by atoms with Gasteiger partial charge < -0.3 is 5.32 Å². The van der Waals surface area contributed by atoms with Gasteiger partial charge in [-0.2, -0.15) is 0 Å². The van der Waals surface area contributed by atoms with Crippen molar-refractivity contribution in [2.75, 3.05) is 10.6 Å². The van der Waals surface area contributed by atoms with Gasteiger partial charge in [0.25, 0.3) is 0 Å². The molecule has 4 rings (SSSR count). The second-order valence-corrected chi connectivity index (χ2v) is 11.4. The van der Waals surface area contributed by atoms with E-state index in [1.165, 1.54) is 5.56 Å². The lowest BCUT2D eigenvalue weighted by Crippen LogP contribution is -2.21. The Hall–Kier alpha value is -2.82. The number of nitrogens with one attached hydrogen (secondary N) is 2. The monoisotopic (exact) mass is 504 g/mol. The zero-order valence-corrected chi connectivity index (χ0v) is 22.8. The van der Waals surface area contributed by atoms with Crippen LogP contribution in [0.3, 0.4) is 0 Å². The third kappa shape index (κ3) is 5.24. The number of anilines is 2. The van der Waals surface area contributed by atoms with Crippen molar-refractivity contribution >= 4 is 49.7 Å². The molecule has 0 atom stereocenters. The lowest BCUT2D eigenvalue weighted by molar-refractivity contribution is 0.262. The number of carbonyl (C=O) groups is 1. The Balaban J connectivity index is 1.78. The Bertz CT molecular complexity index is 1340. The van der Waals surface area contributed by atoms with E-state index in [0.717, 1.165) is 43.0 Å². The van der Waals surface area contributed by atoms with Crippen molar-refractivity contribution in [1.82, 2.24) is 0 Å². The van der Waals surface area contributed by atoms with Crippen molar-refractivity contribution in [3.05, 3.63) is 82.4 Å². The van der Waals surface area contributed by atoms with E-state index >= 15 is 0 Å². The van der Waals surface area contributed by atoms with E-state index in [4.69, 9.17) is 11.6 Å². The van der Waals surface area contributed by atoms with Crippen LogP contribution in [0.2, 0.25) is 5.02 Å². The quantitative estimate of drug-likeness (QED) is 0.269. The summed E-state index contributed by atoms with van der Waals surface area (Å²) in [4.78, 5) is 13.4. The summed E-state index contributed by atoms with van der Waals surface area (Å²) < 4.78 is 1.12. The molecule has 0 aliphatic carbocycles. The summed E-state index contributed by atoms with van der Waals surface area (Å²) in [6, 6.07) is 20.4. The molecule has 1 heterocycles. The number of urea groups is 1. The maximum Gasteiger partial charge on any atom is 0.324 e. The van der Waals surface area contributed by atoms with E-state index in [9.17, 15) is 4.79 Å². The minimum atomic E-state index is -0.246. The zero-order valence-electron chi connectivity index (χ0n) is 21.2. The van der Waals surface area contributed by atoms with Gasteiger partial charge >= 0.3 is 6.03 Å². The molecule has 35 heavy (non-hydrogen) atoms. The maximum atomic E-state index is 13.4. The van der Waals surface area contributed by atoms with E-state index in [2.05, 4.69) is 88.6 Å². The fourth-order valence-corrected chi connectivity index (χ4v) is 5.76. The maximum absolute atomic E-state index is 13.4. The van der Waals surface area contributed by atoms with Gasteiger partial charge in [-0.25, -0.2) is 4.79 Å². The van der Waals surface area contributed by atoms with Gasteiger partial charge in [0.15, 0.2) is 0 Å². The average molecular weight is 505 g/mol. The molecule has 0 bridgehead atoms. The van der Waals surface area contributed by atoms with Crippen molar-refractivity contribution in [2.45, 2.75) is 59.3 Å². The van der Waals surface area contributed by atoms with Gasteiger partial charge in [0.2, 0.25) is 0 Å². The van der Waals surface area contributed by atoms with Gasteiger partial charge in [-0.05, 0) is 52.6 Å². The number of amides is 2. The van der Waals surface area contributed by atoms with Crippen molar-refractivity contribution in [3.63, 3.8) is 0 Å². The first-order valence-corrected chi connectivity index (χ1v) is 13.4. The van der Waals surface area contributed by atoms with Crippen molar-refractivity contribution in [2.24, 2.45) is 0 Å². The second-order valence-electron chi connectivity index (χ2n) is 9.90. The van der Waals surface area contributed by atoms with E-state index in [1.54, 1.807) is 11.3 Å². The second kappa shape index (κ2) is 10.4. The molecule has 0 aliphatic heterocycles. The Kier molecular flexibility index (Phi) is 7.53. The van der Waals surface area contributed by atoms with E-state index in [0.29, 0.717) is 22.8 Å². The SMILES string of the molecule is CC(C)c1ccc2sc(NC(=O)Nc3c(C(C)C)cccc3C(C)C)c(-c3ccccc3Cl)c2c1. The van der Waals surface area contributed by atoms with Crippen LogP contribution in [0.4, 0.5) is 15.5 Å². The van der Waals surface area contributed by atoms with Crippen LogP contribution >= 0.6 is 22.9 Å². The summed E-state index contributed by atoms with van der Waals surface area (Å²) in [6.07, 6.45) is 0. The highest BCUT2D eigenvalue weighted by Gasteiger charge is 2.21. The normalized spacial score (nSPS) is 11.6. The van der Waals surface area contributed by atoms with Crippen LogP contribution < -0.4 is 10.6 Å². The van der Waals surface area contributed by atoms with Gasteiger partial charge in [-0.3, -0.25) is 5.32 Å². The van der Waals surface area contributed by atoms with E-state index in [1.807, 2.05) is 24.3 Å². The van der Waals surface area contributed by atoms with E-state index in [-0.39, 0.29) is 6.03 Å². The number of rotatable bonds is 6. The Labute approximate surface area is 217 Å². The lowest BCUT2D eigenvalue weighted by atomic mass is 9.93. The minimum Gasteiger partial charge on any atom is -0.307 e. The number of hydrogen-bond acceptors (Lipinski definition) is 2. The smallest absolute Gasteiger partial charge is 0.307 e. The topological polar surface area (TPSA) is 41.1 Å². The summed E-state index contributed by atoms with van der Waals surface area (Å²) in [5.74, 6) is 0.989. The average Bonchev–Trinajstić information content (AvgIpc) is 3.15. The van der Waals surface area contributed by atoms with E-state index < -0.39 is 0 Å². The Morgan fingerprint density at radius 3 is 2.06 bits per heavy atom. The van der Waals surface area contributed by atoms with Crippen LogP contribution in [0.15, 0.2) is 60.7 Å². The number of thiophene rings is 1. The molecular formula is C30H33ClN2OS. The minimum absolute atomic E-state index is 0.246. The van der Waals surface area contributed by atoms with Crippen LogP contribution in [-0.4, -0.2) is 6.03 Å². The molecule has 2 amide bonds. The van der Waals surface area contributed by atoms with Crippen molar-refractivity contribution in [3.8, 4) is 11.1 Å². The number of hydrogen-bond donors (Lipinski definition) is 2. The third-order valence-electron chi connectivity index (χ3n) is 6.36. The van der Waals surface area contributed by atoms with Crippen molar-refractivity contribution < 1.29 is 4.79 Å². The summed E-state index contributed by atoms with van der Waals surface area (Å²) >= 11 is 8.22. The molecule has 4 aromatic rings. The molecular weight excluding hydrogens is 472 g/mol. The van der Waals surface area contributed by atoms with Gasteiger partial charge in [-0.1, -0.05) is 95.6 Å². The van der Waals surface area contributed by atoms with Gasteiger partial charge in [-0.15, -0.1) is 11.3 Å². The summed E-state index contributed by atoms with van der Waals surface area (Å²) in [5, 5.41) is 8.91. The molecule has 5 heteroatoms. The molecule has 2 N–H and O–H groups in total. The summed E-state index contributed by atoms with van der Waals surface area (Å²) in [6.45, 7) is 13.0. The number of benzene rings is 3. The molecule has 0 unspecified atom stereocenters. The predicted molar refractivity (Wildman–Crippen MR) is 154 cm³/mol. The molecule has 0 saturated heterocycles. The highest BCUT2D eigenvalue weighted by atomic mass is 35.5. The summed E-state index contributed by atoms with van der Waals surface area (Å²) in [7, 11) is 0. The van der Waals surface area contributed by atoms with Gasteiger partial charge in [0, 0.05) is 31.9 Å². The Morgan fingerprint density at radius 1 is 0.800 bits per heavy atom. The standard InChI is InChI=1S/C30H33ClN2OS/c1-17(2)20-14-15-26-24(16-20)27(23-10-7-8-13-25(23)31)29(35-26)33-30(34)32-28-21(18(3)4)11-9-12-22(28)19(5)6/h7-19H,1-6H3,(H2,32,33,34). The molecule has 0 radical (unpaired) electrons. The first-order valence-electron chi connectivity index (χ1n) is 12.2. The molecule has 3 nitrogen and oxygen atoms in total. The molecule has 0 saturated carbocycles. The lowest BCUT2D eigenvalue weighted by Gasteiger charge is -2.20. The highest BCUT2D eigenvalue weighted by Crippen LogP contribution is 2.46. The highest BCUT2D eigenvalue weighted by molar-refractivity contribution is 7.23. The first kappa shape index (κ1) is 25.3. The molecule has 0 aliphatic rings. The van der Waals surface area contributed by atoms with Gasteiger partial charge in [0.1, 0.15) is 5.00 Å². The molecule has 0 fully saturated rings. The Morgan fingerprint density at radius 2 is 1.46 bits per heavy atom. The van der Waals surface area contributed by atoms with Crippen LogP contribution in [0.5, 0.6) is 0 Å². The molecule has 182 valence electrons. The molecule has 1 aromatic heterocycles. The van der Waals surface area contributed by atoms with Crippen LogP contribution in [0, 0.1) is 0 Å². The van der Waals surface area contributed by atoms with Crippen molar-refractivity contribution in [1.29, 1.82) is 0 Å². The fourth-order valence-electron chi connectivity index (χ4n) is 4.44. The van der Waals surface area contributed by atoms with Crippen LogP contribution in [0.25, 0.3) is 21.2 Å². The molecule has 0 spiro atoms. The number of fused-ring (bicyclic) bond motifs is 1. The third-order valence-corrected chi connectivity index (χ3v) is 7.78. The largest absolute Gasteiger partial charge is 0.324 e. The predicted octanol–water partition coefficient (Wildman–Crippen LogP) is 10.2. The first-order chi connectivity index (χ1) is 16.7.